The molecule has 5 heteroatoms. The molecule has 0 aromatic rings. The number of carbonyl (C=O) groups is 2. The highest BCUT2D eigenvalue weighted by atomic mass is 16.5. The van der Waals surface area contributed by atoms with Crippen molar-refractivity contribution in [2.45, 2.75) is 39.2 Å². The third-order valence-electron chi connectivity index (χ3n) is 2.01. The molecule has 0 aliphatic carbocycles. The summed E-state index contributed by atoms with van der Waals surface area (Å²) in [5.74, 6) is -0.831. The van der Waals surface area contributed by atoms with Gasteiger partial charge < -0.3 is 4.74 Å². The third-order valence-corrected chi connectivity index (χ3v) is 2.01. The Morgan fingerprint density at radius 2 is 2.14 bits per heavy atom. The Kier molecular flexibility index (Phi) is 2.88. The van der Waals surface area contributed by atoms with Gasteiger partial charge in [0.05, 0.1) is 0 Å². The van der Waals surface area contributed by atoms with Crippen LogP contribution in [0, 0.1) is 0 Å². The fourth-order valence-electron chi connectivity index (χ4n) is 0.864. The van der Waals surface area contributed by atoms with Crippen LogP contribution in [0.25, 0.3) is 0 Å². The summed E-state index contributed by atoms with van der Waals surface area (Å²) in [6, 6.07) is 0.0121. The van der Waals surface area contributed by atoms with Crippen LogP contribution in [0.1, 0.15) is 33.6 Å². The van der Waals surface area contributed by atoms with E-state index in [2.05, 4.69) is 10.3 Å². The van der Waals surface area contributed by atoms with Gasteiger partial charge in [-0.3, -0.25) is 14.9 Å². The first-order chi connectivity index (χ1) is 6.43. The molecule has 0 saturated carbocycles. The zero-order chi connectivity index (χ0) is 10.8. The number of nitrogens with one attached hydrogen (secondary N) is 1. The highest BCUT2D eigenvalue weighted by Crippen LogP contribution is 2.14. The fraction of sp³-hybridized carbons (Fsp3) is 0.667. The summed E-state index contributed by atoms with van der Waals surface area (Å²) >= 11 is 0. The topological polar surface area (TPSA) is 67.8 Å². The first-order valence-corrected chi connectivity index (χ1v) is 4.53. The summed E-state index contributed by atoms with van der Waals surface area (Å²) in [4.78, 5) is 25.5. The number of ether oxygens (including phenoxy) is 1. The first kappa shape index (κ1) is 10.7. The largest absolute Gasteiger partial charge is 0.459 e. The van der Waals surface area contributed by atoms with Crippen molar-refractivity contribution in [3.8, 4) is 0 Å². The van der Waals surface area contributed by atoms with Gasteiger partial charge in [-0.1, -0.05) is 6.92 Å². The summed E-state index contributed by atoms with van der Waals surface area (Å²) in [5.41, 5.74) is -0.427. The molecule has 0 unspecified atom stereocenters. The van der Waals surface area contributed by atoms with Gasteiger partial charge in [-0.05, 0) is 20.3 Å². The second kappa shape index (κ2) is 3.77. The predicted molar refractivity (Wildman–Crippen MR) is 50.7 cm³/mol. The van der Waals surface area contributed by atoms with Crippen LogP contribution >= 0.6 is 0 Å². The number of aliphatic imine (C=N–C) groups is 1. The molecule has 14 heavy (non-hydrogen) atoms. The van der Waals surface area contributed by atoms with Gasteiger partial charge in [0.2, 0.25) is 5.91 Å². The normalized spacial score (nSPS) is 17.5. The Balaban J connectivity index is 2.69. The molecule has 5 nitrogen and oxygen atoms in total. The number of nitrogens with zero attached hydrogens (tertiary/aromatic N) is 1. The van der Waals surface area contributed by atoms with Crippen molar-refractivity contribution in [2.75, 3.05) is 0 Å². The van der Waals surface area contributed by atoms with Gasteiger partial charge in [-0.2, -0.15) is 4.99 Å². The van der Waals surface area contributed by atoms with E-state index < -0.39 is 11.5 Å². The van der Waals surface area contributed by atoms with Crippen LogP contribution in [0.15, 0.2) is 4.99 Å². The summed E-state index contributed by atoms with van der Waals surface area (Å²) < 4.78 is 5.37. The van der Waals surface area contributed by atoms with Crippen molar-refractivity contribution >= 4 is 17.8 Å². The molecule has 1 aliphatic heterocycles. The van der Waals surface area contributed by atoms with Crippen LogP contribution in [-0.2, 0) is 14.3 Å². The highest BCUT2D eigenvalue weighted by Gasteiger charge is 2.25. The van der Waals surface area contributed by atoms with Crippen molar-refractivity contribution in [1.29, 1.82) is 0 Å². The van der Waals surface area contributed by atoms with E-state index in [-0.39, 0.29) is 18.3 Å². The van der Waals surface area contributed by atoms with E-state index in [4.69, 9.17) is 4.74 Å². The van der Waals surface area contributed by atoms with Crippen LogP contribution in [-0.4, -0.2) is 23.4 Å². The summed E-state index contributed by atoms with van der Waals surface area (Å²) in [7, 11) is 0. The number of rotatable bonds is 2. The minimum atomic E-state index is -0.462. The lowest BCUT2D eigenvalue weighted by molar-refractivity contribution is -0.128. The van der Waals surface area contributed by atoms with Gasteiger partial charge in [-0.15, -0.1) is 0 Å². The van der Waals surface area contributed by atoms with Crippen LogP contribution in [0.4, 0.5) is 0 Å². The zero-order valence-corrected chi connectivity index (χ0v) is 8.59. The SMILES string of the molecule is CCC(C)(C)OC1=NC(=O)CC(=O)N1. The third kappa shape index (κ3) is 2.83. The molecule has 2 amide bonds. The second-order valence-corrected chi connectivity index (χ2v) is 3.75. The average Bonchev–Trinajstić information content (AvgIpc) is 2.01. The molecule has 1 heterocycles. The molecule has 0 radical (unpaired) electrons. The molecule has 0 aromatic heterocycles. The van der Waals surface area contributed by atoms with Crippen molar-refractivity contribution < 1.29 is 14.3 Å². The maximum atomic E-state index is 11.0. The van der Waals surface area contributed by atoms with Gasteiger partial charge in [0.15, 0.2) is 0 Å². The first-order valence-electron chi connectivity index (χ1n) is 4.53. The van der Waals surface area contributed by atoms with Crippen LogP contribution in [0.2, 0.25) is 0 Å². The molecule has 0 bridgehead atoms. The van der Waals surface area contributed by atoms with Crippen molar-refractivity contribution in [3.05, 3.63) is 0 Å². The smallest absolute Gasteiger partial charge is 0.299 e. The van der Waals surface area contributed by atoms with Crippen LogP contribution in [0.5, 0.6) is 0 Å². The predicted octanol–water partition coefficient (Wildman–Crippen LogP) is 0.594. The fourth-order valence-corrected chi connectivity index (χ4v) is 0.864. The molecule has 1 aliphatic rings. The Morgan fingerprint density at radius 1 is 1.50 bits per heavy atom. The minimum absolute atomic E-state index is 0.0121. The van der Waals surface area contributed by atoms with E-state index in [1.165, 1.54) is 0 Å². The number of amidine groups is 1. The lowest BCUT2D eigenvalue weighted by Crippen LogP contribution is -2.42. The number of carbonyl (C=O) groups excluding carboxylic acids is 2. The van der Waals surface area contributed by atoms with Gasteiger partial charge in [-0.25, -0.2) is 0 Å². The molecule has 0 fully saturated rings. The van der Waals surface area contributed by atoms with Crippen LogP contribution < -0.4 is 5.32 Å². The number of hydrogen-bond donors (Lipinski definition) is 1. The molecule has 1 rings (SSSR count). The van der Waals surface area contributed by atoms with E-state index in [1.54, 1.807) is 0 Å². The minimum Gasteiger partial charge on any atom is -0.459 e. The molecular weight excluding hydrogens is 184 g/mol. The molecule has 0 saturated heterocycles. The molecular formula is C9H14N2O3. The number of hydrogen-bond acceptors (Lipinski definition) is 3. The summed E-state index contributed by atoms with van der Waals surface area (Å²) in [6.45, 7) is 5.68. The second-order valence-electron chi connectivity index (χ2n) is 3.75. The Hall–Kier alpha value is -1.39. The highest BCUT2D eigenvalue weighted by molar-refractivity contribution is 6.11. The van der Waals surface area contributed by atoms with Crippen molar-refractivity contribution in [2.24, 2.45) is 4.99 Å². The van der Waals surface area contributed by atoms with Crippen LogP contribution in [0.3, 0.4) is 0 Å². The molecule has 78 valence electrons. The Labute approximate surface area is 82.5 Å². The number of amides is 2. The van der Waals surface area contributed by atoms with Gasteiger partial charge in [0.1, 0.15) is 12.0 Å². The van der Waals surface area contributed by atoms with E-state index in [9.17, 15) is 9.59 Å². The maximum absolute atomic E-state index is 11.0. The lowest BCUT2D eigenvalue weighted by atomic mass is 10.1. The maximum Gasteiger partial charge on any atom is 0.299 e. The van der Waals surface area contributed by atoms with E-state index in [0.29, 0.717) is 0 Å². The Morgan fingerprint density at radius 3 is 2.64 bits per heavy atom. The lowest BCUT2D eigenvalue weighted by Gasteiger charge is -2.26. The standard InChI is InChI=1S/C9H14N2O3/c1-4-9(2,3)14-8-10-6(12)5-7(13)11-8/h4-5H2,1-3H3,(H,10,11,12,13). The van der Waals surface area contributed by atoms with E-state index in [1.807, 2.05) is 20.8 Å². The molecule has 0 aromatic carbocycles. The van der Waals surface area contributed by atoms with Crippen molar-refractivity contribution in [3.63, 3.8) is 0 Å². The summed E-state index contributed by atoms with van der Waals surface area (Å²) in [5, 5.41) is 2.41. The van der Waals surface area contributed by atoms with Crippen molar-refractivity contribution in [1.82, 2.24) is 5.32 Å². The average molecular weight is 198 g/mol. The molecule has 0 atom stereocenters. The monoisotopic (exact) mass is 198 g/mol. The van der Waals surface area contributed by atoms with Gasteiger partial charge >= 0.3 is 0 Å². The zero-order valence-electron chi connectivity index (χ0n) is 8.59. The molecule has 0 spiro atoms. The molecule has 1 N–H and O–H groups in total. The van der Waals surface area contributed by atoms with E-state index >= 15 is 0 Å². The quantitative estimate of drug-likeness (QED) is 0.660. The Bertz CT molecular complexity index is 294. The van der Waals surface area contributed by atoms with Gasteiger partial charge in [0.25, 0.3) is 11.9 Å². The summed E-state index contributed by atoms with van der Waals surface area (Å²) in [6.07, 6.45) is 0.565. The van der Waals surface area contributed by atoms with Gasteiger partial charge in [0, 0.05) is 0 Å². The van der Waals surface area contributed by atoms with E-state index in [0.717, 1.165) is 6.42 Å².